The average Bonchev–Trinajstić information content (AvgIpc) is 3.42. The van der Waals surface area contributed by atoms with Crippen LogP contribution in [0.1, 0.15) is 47.5 Å². The Morgan fingerprint density at radius 1 is 1.30 bits per heavy atom. The minimum absolute atomic E-state index is 0.131. The van der Waals surface area contributed by atoms with Crippen molar-refractivity contribution in [2.24, 2.45) is 11.8 Å². The molecule has 3 heterocycles. The maximum Gasteiger partial charge on any atom is 0.333 e. The van der Waals surface area contributed by atoms with Crippen LogP contribution in [-0.2, 0) is 28.5 Å². The summed E-state index contributed by atoms with van der Waals surface area (Å²) in [6.07, 6.45) is 1.13. The average molecular weight is 378 g/mol. The van der Waals surface area contributed by atoms with Gasteiger partial charge in [-0.3, -0.25) is 4.79 Å². The van der Waals surface area contributed by atoms with E-state index in [1.54, 1.807) is 33.8 Å². The molecule has 3 aliphatic heterocycles. The van der Waals surface area contributed by atoms with Crippen LogP contribution in [0, 0.1) is 11.8 Å². The molecule has 27 heavy (non-hydrogen) atoms. The predicted molar refractivity (Wildman–Crippen MR) is 91.5 cm³/mol. The van der Waals surface area contributed by atoms with Gasteiger partial charge in [-0.2, -0.15) is 0 Å². The first-order chi connectivity index (χ1) is 12.5. The number of rotatable bonds is 2. The zero-order valence-electron chi connectivity index (χ0n) is 16.3. The van der Waals surface area contributed by atoms with Gasteiger partial charge in [0.15, 0.2) is 11.2 Å². The Kier molecular flexibility index (Phi) is 3.11. The van der Waals surface area contributed by atoms with Crippen molar-refractivity contribution in [3.8, 4) is 0 Å². The Bertz CT molecular complexity index is 787. The summed E-state index contributed by atoms with van der Waals surface area (Å²) in [6, 6.07) is 0. The molecule has 7 heteroatoms. The topological polar surface area (TPSA) is 97.9 Å². The Morgan fingerprint density at radius 3 is 2.67 bits per heavy atom. The molecule has 3 saturated heterocycles. The van der Waals surface area contributed by atoms with E-state index in [0.29, 0.717) is 12.0 Å². The molecule has 7 nitrogen and oxygen atoms in total. The predicted octanol–water partition coefficient (Wildman–Crippen LogP) is 1.27. The van der Waals surface area contributed by atoms with Crippen molar-refractivity contribution >= 4 is 11.9 Å². The molecule has 0 aromatic heterocycles. The van der Waals surface area contributed by atoms with Gasteiger partial charge in [0.05, 0.1) is 12.0 Å². The van der Waals surface area contributed by atoms with Crippen LogP contribution in [0.4, 0.5) is 0 Å². The number of aliphatic hydroxyl groups is 1. The molecule has 1 N–H and O–H groups in total. The molecule has 3 unspecified atom stereocenters. The first-order valence-electron chi connectivity index (χ1n) is 9.69. The van der Waals surface area contributed by atoms with Crippen LogP contribution in [0.2, 0.25) is 0 Å². The van der Waals surface area contributed by atoms with Crippen molar-refractivity contribution < 1.29 is 33.6 Å². The van der Waals surface area contributed by atoms with Gasteiger partial charge in [0, 0.05) is 24.3 Å². The van der Waals surface area contributed by atoms with E-state index >= 15 is 0 Å². The number of carbonyl (C=O) groups excluding carboxylic acids is 2. The maximum atomic E-state index is 12.5. The van der Waals surface area contributed by atoms with E-state index in [9.17, 15) is 14.7 Å². The van der Waals surface area contributed by atoms with Gasteiger partial charge in [-0.05, 0) is 27.7 Å². The molecule has 2 saturated carbocycles. The van der Waals surface area contributed by atoms with Crippen molar-refractivity contribution in [3.05, 3.63) is 11.6 Å². The highest BCUT2D eigenvalue weighted by atomic mass is 16.7. The molecule has 5 fully saturated rings. The van der Waals surface area contributed by atoms with Gasteiger partial charge < -0.3 is 24.1 Å². The van der Waals surface area contributed by atoms with Crippen LogP contribution in [0.3, 0.4) is 0 Å². The fourth-order valence-corrected chi connectivity index (χ4v) is 6.24. The number of hydrogen-bond acceptors (Lipinski definition) is 7. The number of epoxide rings is 2. The lowest BCUT2D eigenvalue weighted by Gasteiger charge is -2.34. The van der Waals surface area contributed by atoms with Gasteiger partial charge >= 0.3 is 11.9 Å². The van der Waals surface area contributed by atoms with Gasteiger partial charge in [0.1, 0.15) is 23.4 Å². The minimum atomic E-state index is -1.27. The maximum absolute atomic E-state index is 12.5. The Labute approximate surface area is 158 Å². The van der Waals surface area contributed by atoms with Gasteiger partial charge in [-0.25, -0.2) is 4.79 Å². The van der Waals surface area contributed by atoms with Crippen LogP contribution < -0.4 is 0 Å². The third-order valence-electron chi connectivity index (χ3n) is 7.77. The summed E-state index contributed by atoms with van der Waals surface area (Å²) in [5, 5.41) is 11.5. The van der Waals surface area contributed by atoms with Gasteiger partial charge in [0.2, 0.25) is 0 Å². The van der Waals surface area contributed by atoms with E-state index in [1.165, 1.54) is 0 Å². The highest BCUT2D eigenvalue weighted by Gasteiger charge is 3.00. The van der Waals surface area contributed by atoms with E-state index in [4.69, 9.17) is 18.9 Å². The summed E-state index contributed by atoms with van der Waals surface area (Å²) in [5.41, 5.74) is -3.07. The van der Waals surface area contributed by atoms with Gasteiger partial charge in [0.25, 0.3) is 0 Å². The molecule has 0 aromatic rings. The normalized spacial score (nSPS) is 57.6. The molecule has 9 atom stereocenters. The first kappa shape index (κ1) is 17.6. The van der Waals surface area contributed by atoms with Crippen LogP contribution in [0.5, 0.6) is 0 Å². The largest absolute Gasteiger partial charge is 0.458 e. The van der Waals surface area contributed by atoms with Crippen LogP contribution >= 0.6 is 0 Å². The van der Waals surface area contributed by atoms with E-state index in [2.05, 4.69) is 0 Å². The first-order valence-corrected chi connectivity index (χ1v) is 9.69. The molecular formula is C20H26O7. The number of esters is 2. The highest BCUT2D eigenvalue weighted by Crippen LogP contribution is 2.80. The summed E-state index contributed by atoms with van der Waals surface area (Å²) in [4.78, 5) is 24.9. The Hall–Kier alpha value is -1.44. The number of ether oxygens (including phenoxy) is 4. The SMILES string of the molecule is C/C=C(\C)C(=O)O[C@@H]1CC(C)(O)[C@@]23OC2C[C@]2(C)O[C@@]23C2OC(=O)[C@H](C)[C@@H]21. The zero-order chi connectivity index (χ0) is 19.6. The van der Waals surface area contributed by atoms with Crippen molar-refractivity contribution in [2.45, 2.75) is 88.2 Å². The molecule has 5 rings (SSSR count). The Balaban J connectivity index is 1.60. The van der Waals surface area contributed by atoms with Crippen molar-refractivity contribution in [2.75, 3.05) is 0 Å². The molecule has 2 spiro atoms. The molecule has 0 radical (unpaired) electrons. The summed E-state index contributed by atoms with van der Waals surface area (Å²) in [5.74, 6) is -1.60. The number of carbonyl (C=O) groups is 2. The van der Waals surface area contributed by atoms with E-state index in [0.717, 1.165) is 0 Å². The molecule has 5 aliphatic rings. The summed E-state index contributed by atoms with van der Waals surface area (Å²) in [7, 11) is 0. The number of hydrogen-bond donors (Lipinski definition) is 1. The summed E-state index contributed by atoms with van der Waals surface area (Å²) >= 11 is 0. The zero-order valence-corrected chi connectivity index (χ0v) is 16.3. The molecule has 0 aromatic carbocycles. The molecule has 0 amide bonds. The van der Waals surface area contributed by atoms with Crippen molar-refractivity contribution in [1.29, 1.82) is 0 Å². The van der Waals surface area contributed by atoms with E-state index < -0.39 is 46.5 Å². The van der Waals surface area contributed by atoms with Crippen molar-refractivity contribution in [3.63, 3.8) is 0 Å². The number of allylic oxidation sites excluding steroid dienone is 1. The van der Waals surface area contributed by atoms with Crippen LogP contribution in [-0.4, -0.2) is 57.8 Å². The third kappa shape index (κ3) is 1.75. The highest BCUT2D eigenvalue weighted by molar-refractivity contribution is 5.88. The lowest BCUT2D eigenvalue weighted by Crippen LogP contribution is -2.57. The summed E-state index contributed by atoms with van der Waals surface area (Å²) in [6.45, 7) is 8.95. The Morgan fingerprint density at radius 2 is 2.00 bits per heavy atom. The van der Waals surface area contributed by atoms with Gasteiger partial charge in [-0.15, -0.1) is 0 Å². The monoisotopic (exact) mass is 378 g/mol. The third-order valence-corrected chi connectivity index (χ3v) is 7.77. The quantitative estimate of drug-likeness (QED) is 0.439. The fraction of sp³-hybridized carbons (Fsp3) is 0.800. The summed E-state index contributed by atoms with van der Waals surface area (Å²) < 4.78 is 23.9. The van der Waals surface area contributed by atoms with E-state index in [1.807, 2.05) is 6.92 Å². The second-order valence-corrected chi connectivity index (χ2v) is 9.23. The minimum Gasteiger partial charge on any atom is -0.458 e. The molecule has 0 bridgehead atoms. The fourth-order valence-electron chi connectivity index (χ4n) is 6.24. The number of fused-ring (bicyclic) bond motifs is 1. The lowest BCUT2D eigenvalue weighted by atomic mass is 9.74. The molecule has 2 aliphatic carbocycles. The van der Waals surface area contributed by atoms with Crippen LogP contribution in [0.15, 0.2) is 11.6 Å². The lowest BCUT2D eigenvalue weighted by molar-refractivity contribution is -0.153. The molecular weight excluding hydrogens is 352 g/mol. The van der Waals surface area contributed by atoms with Gasteiger partial charge in [-0.1, -0.05) is 13.0 Å². The second-order valence-electron chi connectivity index (χ2n) is 9.23. The van der Waals surface area contributed by atoms with E-state index in [-0.39, 0.29) is 24.4 Å². The standard InChI is InChI=1S/C20H26O7/c1-6-9(2)15(21)24-11-7-17(4,23)19-12(26-19)8-18(5)20(19,27-18)14-13(11)10(3)16(22)25-14/h6,10-14,23H,7-8H2,1-5H3/b9-6+/t10-,11-,12?,13-,14?,17?,18+,19+,20+/m1/s1. The second kappa shape index (κ2) is 4.75. The smallest absolute Gasteiger partial charge is 0.333 e. The van der Waals surface area contributed by atoms with Crippen LogP contribution in [0.25, 0.3) is 0 Å². The molecule has 148 valence electrons. The van der Waals surface area contributed by atoms with Crippen molar-refractivity contribution in [1.82, 2.24) is 0 Å².